The predicted octanol–water partition coefficient (Wildman–Crippen LogP) is 2.39. The average Bonchev–Trinajstić information content (AvgIpc) is 3.18. The highest BCUT2D eigenvalue weighted by Crippen LogP contribution is 2.31. The second-order valence-electron chi connectivity index (χ2n) is 5.42. The van der Waals surface area contributed by atoms with Crippen LogP contribution in [0.4, 0.5) is 5.82 Å². The fourth-order valence-electron chi connectivity index (χ4n) is 2.75. The van der Waals surface area contributed by atoms with Crippen molar-refractivity contribution >= 4 is 39.3 Å². The zero-order valence-electron chi connectivity index (χ0n) is 13.0. The van der Waals surface area contributed by atoms with E-state index in [1.165, 1.54) is 0 Å². The first-order valence-corrected chi connectivity index (χ1v) is 9.65. The maximum absolute atomic E-state index is 4.56. The quantitative estimate of drug-likeness (QED) is 0.726. The van der Waals surface area contributed by atoms with E-state index in [-0.39, 0.29) is 0 Å². The van der Waals surface area contributed by atoms with E-state index in [2.05, 4.69) is 37.3 Å². The van der Waals surface area contributed by atoms with E-state index in [0.717, 1.165) is 58.0 Å². The van der Waals surface area contributed by atoms with Crippen molar-refractivity contribution in [3.8, 4) is 0 Å². The summed E-state index contributed by atoms with van der Waals surface area (Å²) in [7, 11) is 0. The molecule has 1 atom stereocenters. The fourth-order valence-corrected chi connectivity index (χ4v) is 4.21. The molecule has 0 aliphatic carbocycles. The maximum Gasteiger partial charge on any atom is 0.176 e. The number of thioether (sulfide) groups is 1. The first-order chi connectivity index (χ1) is 11.3. The molecular weight excluding hydrogens is 330 g/mol. The summed E-state index contributed by atoms with van der Waals surface area (Å²) in [5, 5.41) is 8.11. The molecule has 1 N–H and O–H groups in total. The summed E-state index contributed by atoms with van der Waals surface area (Å²) in [4.78, 5) is 17.7. The van der Waals surface area contributed by atoms with Gasteiger partial charge in [0.2, 0.25) is 0 Å². The molecule has 4 rings (SSSR count). The van der Waals surface area contributed by atoms with Gasteiger partial charge in [-0.15, -0.1) is 11.3 Å². The number of hydrogen-bond donors (Lipinski definition) is 1. The molecule has 1 aliphatic heterocycles. The lowest BCUT2D eigenvalue weighted by Gasteiger charge is -2.23. The maximum atomic E-state index is 4.56. The van der Waals surface area contributed by atoms with Crippen molar-refractivity contribution in [1.29, 1.82) is 0 Å². The van der Waals surface area contributed by atoms with E-state index < -0.39 is 0 Å². The minimum absolute atomic E-state index is 0.298. The molecule has 0 spiro atoms. The van der Waals surface area contributed by atoms with Gasteiger partial charge in [0.1, 0.15) is 22.7 Å². The highest BCUT2D eigenvalue weighted by atomic mass is 32.2. The lowest BCUT2D eigenvalue weighted by atomic mass is 10.1. The third-order valence-electron chi connectivity index (χ3n) is 3.91. The molecule has 3 aromatic heterocycles. The standard InChI is InChI=1S/C14H17N7S2/c1-3-9-18-10-5-4-8(6-21(10)20-9)17-12-11-13(16-7-15-12)19-14(22-2)23-11/h7-8H,3-6H2,1-2H3,(H,15,16,17). The van der Waals surface area contributed by atoms with Gasteiger partial charge >= 0.3 is 0 Å². The normalized spacial score (nSPS) is 17.4. The van der Waals surface area contributed by atoms with Crippen LogP contribution in [-0.2, 0) is 19.4 Å². The van der Waals surface area contributed by atoms with E-state index in [4.69, 9.17) is 0 Å². The summed E-state index contributed by atoms with van der Waals surface area (Å²) in [6.07, 6.45) is 6.45. The molecule has 120 valence electrons. The summed E-state index contributed by atoms with van der Waals surface area (Å²) in [6, 6.07) is 0.298. The Hall–Kier alpha value is -1.74. The number of nitrogens with one attached hydrogen (secondary N) is 1. The number of aryl methyl sites for hydroxylation is 2. The SMILES string of the molecule is CCc1nc2n(n1)CC(Nc1ncnc3nc(SC)sc13)CC2. The molecule has 0 aromatic carbocycles. The lowest BCUT2D eigenvalue weighted by Crippen LogP contribution is -2.32. The van der Waals surface area contributed by atoms with Gasteiger partial charge < -0.3 is 5.32 Å². The third kappa shape index (κ3) is 2.78. The van der Waals surface area contributed by atoms with Crippen LogP contribution in [0, 0.1) is 0 Å². The smallest absolute Gasteiger partial charge is 0.176 e. The summed E-state index contributed by atoms with van der Waals surface area (Å²) in [6.45, 7) is 2.91. The number of thiazole rings is 1. The molecular formula is C14H17N7S2. The van der Waals surface area contributed by atoms with Crippen LogP contribution in [0.1, 0.15) is 25.0 Å². The molecule has 0 bridgehead atoms. The zero-order valence-corrected chi connectivity index (χ0v) is 14.6. The van der Waals surface area contributed by atoms with Gasteiger partial charge in [-0.2, -0.15) is 5.10 Å². The number of aromatic nitrogens is 6. The Morgan fingerprint density at radius 3 is 3.13 bits per heavy atom. The average molecular weight is 347 g/mol. The molecule has 1 unspecified atom stereocenters. The molecule has 3 aromatic rings. The molecule has 7 nitrogen and oxygen atoms in total. The van der Waals surface area contributed by atoms with Gasteiger partial charge in [0.25, 0.3) is 0 Å². The molecule has 9 heteroatoms. The second kappa shape index (κ2) is 6.04. The summed E-state index contributed by atoms with van der Waals surface area (Å²) >= 11 is 3.27. The van der Waals surface area contributed by atoms with Crippen molar-refractivity contribution in [2.45, 2.75) is 43.1 Å². The van der Waals surface area contributed by atoms with E-state index in [9.17, 15) is 0 Å². The van der Waals surface area contributed by atoms with Gasteiger partial charge in [-0.1, -0.05) is 18.7 Å². The van der Waals surface area contributed by atoms with E-state index in [0.29, 0.717) is 6.04 Å². The van der Waals surface area contributed by atoms with E-state index >= 15 is 0 Å². The first-order valence-electron chi connectivity index (χ1n) is 7.61. The van der Waals surface area contributed by atoms with Crippen molar-refractivity contribution in [3.05, 3.63) is 18.0 Å². The van der Waals surface area contributed by atoms with Crippen LogP contribution < -0.4 is 5.32 Å². The number of rotatable bonds is 4. The minimum Gasteiger partial charge on any atom is -0.364 e. The highest BCUT2D eigenvalue weighted by molar-refractivity contribution is 8.00. The summed E-state index contributed by atoms with van der Waals surface area (Å²) in [5.74, 6) is 2.89. The minimum atomic E-state index is 0.298. The largest absolute Gasteiger partial charge is 0.364 e. The number of nitrogens with zero attached hydrogens (tertiary/aromatic N) is 6. The monoisotopic (exact) mass is 347 g/mol. The Morgan fingerprint density at radius 1 is 1.39 bits per heavy atom. The van der Waals surface area contributed by atoms with Crippen LogP contribution >= 0.6 is 23.1 Å². The molecule has 0 radical (unpaired) electrons. The molecule has 0 amide bonds. The van der Waals surface area contributed by atoms with Crippen LogP contribution in [0.3, 0.4) is 0 Å². The van der Waals surface area contributed by atoms with Crippen molar-refractivity contribution in [3.63, 3.8) is 0 Å². The van der Waals surface area contributed by atoms with E-state index in [1.807, 2.05) is 10.9 Å². The van der Waals surface area contributed by atoms with E-state index in [1.54, 1.807) is 29.4 Å². The Labute approximate surface area is 142 Å². The van der Waals surface area contributed by atoms with Gasteiger partial charge in [-0.3, -0.25) is 0 Å². The van der Waals surface area contributed by atoms with Crippen molar-refractivity contribution < 1.29 is 0 Å². The van der Waals surface area contributed by atoms with Crippen LogP contribution in [0.25, 0.3) is 10.3 Å². The van der Waals surface area contributed by atoms with Crippen molar-refractivity contribution in [2.24, 2.45) is 0 Å². The molecule has 0 fully saturated rings. The zero-order chi connectivity index (χ0) is 15.8. The number of fused-ring (bicyclic) bond motifs is 2. The first kappa shape index (κ1) is 14.8. The lowest BCUT2D eigenvalue weighted by molar-refractivity contribution is 0.440. The van der Waals surface area contributed by atoms with Crippen LogP contribution in [0.5, 0.6) is 0 Å². The summed E-state index contributed by atoms with van der Waals surface area (Å²) < 4.78 is 4.06. The van der Waals surface area contributed by atoms with Gasteiger partial charge in [-0.25, -0.2) is 24.6 Å². The van der Waals surface area contributed by atoms with Gasteiger partial charge in [0.05, 0.1) is 6.54 Å². The molecule has 0 saturated heterocycles. The fraction of sp³-hybridized carbons (Fsp3) is 0.500. The molecule has 1 aliphatic rings. The highest BCUT2D eigenvalue weighted by Gasteiger charge is 2.22. The Balaban J connectivity index is 1.58. The number of hydrogen-bond acceptors (Lipinski definition) is 8. The van der Waals surface area contributed by atoms with Gasteiger partial charge in [0, 0.05) is 18.9 Å². The van der Waals surface area contributed by atoms with Crippen molar-refractivity contribution in [1.82, 2.24) is 29.7 Å². The Kier molecular flexibility index (Phi) is 3.90. The Bertz CT molecular complexity index is 841. The second-order valence-corrected chi connectivity index (χ2v) is 7.47. The molecule has 23 heavy (non-hydrogen) atoms. The molecule has 0 saturated carbocycles. The van der Waals surface area contributed by atoms with Gasteiger partial charge in [-0.05, 0) is 12.7 Å². The van der Waals surface area contributed by atoms with Crippen LogP contribution in [0.15, 0.2) is 10.7 Å². The Morgan fingerprint density at radius 2 is 2.30 bits per heavy atom. The van der Waals surface area contributed by atoms with Gasteiger partial charge in [0.15, 0.2) is 15.8 Å². The molecule has 4 heterocycles. The third-order valence-corrected chi connectivity index (χ3v) is 5.94. The topological polar surface area (TPSA) is 81.4 Å². The predicted molar refractivity (Wildman–Crippen MR) is 92.1 cm³/mol. The van der Waals surface area contributed by atoms with Crippen molar-refractivity contribution in [2.75, 3.05) is 11.6 Å². The summed E-state index contributed by atoms with van der Waals surface area (Å²) in [5.41, 5.74) is 0.766. The number of anilines is 1. The van der Waals surface area contributed by atoms with Crippen LogP contribution in [0.2, 0.25) is 0 Å². The van der Waals surface area contributed by atoms with Crippen LogP contribution in [-0.4, -0.2) is 42.0 Å².